The Hall–Kier alpha value is -1.40. The predicted molar refractivity (Wildman–Crippen MR) is 76.6 cm³/mol. The van der Waals surface area contributed by atoms with E-state index in [1.807, 2.05) is 0 Å². The molecule has 0 saturated heterocycles. The number of nitrogen functional groups attached to an aromatic ring is 2. The summed E-state index contributed by atoms with van der Waals surface area (Å²) < 4.78 is 5.14. The SMILES string of the molecule is CCCSCCOC(=O)c1ccc(NN)c(N)c1. The fourth-order valence-corrected chi connectivity index (χ4v) is 2.04. The van der Waals surface area contributed by atoms with Crippen molar-refractivity contribution in [3.63, 3.8) is 0 Å². The van der Waals surface area contributed by atoms with E-state index < -0.39 is 0 Å². The Balaban J connectivity index is 2.44. The highest BCUT2D eigenvalue weighted by Gasteiger charge is 2.08. The molecule has 0 amide bonds. The van der Waals surface area contributed by atoms with Crippen LogP contribution < -0.4 is 17.0 Å². The van der Waals surface area contributed by atoms with Crippen LogP contribution in [0.25, 0.3) is 0 Å². The molecule has 0 fully saturated rings. The lowest BCUT2D eigenvalue weighted by molar-refractivity contribution is 0.0530. The van der Waals surface area contributed by atoms with Gasteiger partial charge < -0.3 is 15.9 Å². The molecule has 0 atom stereocenters. The number of thioether (sulfide) groups is 1. The largest absolute Gasteiger partial charge is 0.461 e. The first-order valence-corrected chi connectivity index (χ1v) is 6.95. The highest BCUT2D eigenvalue weighted by atomic mass is 32.2. The van der Waals surface area contributed by atoms with Crippen molar-refractivity contribution in [1.29, 1.82) is 0 Å². The van der Waals surface area contributed by atoms with Crippen molar-refractivity contribution >= 4 is 29.1 Å². The van der Waals surface area contributed by atoms with Gasteiger partial charge in [0, 0.05) is 5.75 Å². The molecule has 0 saturated carbocycles. The summed E-state index contributed by atoms with van der Waals surface area (Å²) in [6.45, 7) is 2.54. The molecule has 6 heteroatoms. The van der Waals surface area contributed by atoms with Gasteiger partial charge in [0.15, 0.2) is 0 Å². The first-order chi connectivity index (χ1) is 8.69. The number of nitrogens with two attached hydrogens (primary N) is 2. The molecule has 0 bridgehead atoms. The summed E-state index contributed by atoms with van der Waals surface area (Å²) >= 11 is 1.77. The molecule has 0 spiro atoms. The summed E-state index contributed by atoms with van der Waals surface area (Å²) in [6, 6.07) is 4.83. The fourth-order valence-electron chi connectivity index (χ4n) is 1.34. The second-order valence-corrected chi connectivity index (χ2v) is 4.92. The topological polar surface area (TPSA) is 90.4 Å². The van der Waals surface area contributed by atoms with E-state index in [1.165, 1.54) is 0 Å². The molecule has 0 unspecified atom stereocenters. The van der Waals surface area contributed by atoms with E-state index in [4.69, 9.17) is 16.3 Å². The number of nitrogens with one attached hydrogen (secondary N) is 1. The van der Waals surface area contributed by atoms with Crippen LogP contribution in [-0.2, 0) is 4.74 Å². The Kier molecular flexibility index (Phi) is 6.38. The van der Waals surface area contributed by atoms with Gasteiger partial charge in [-0.15, -0.1) is 0 Å². The van der Waals surface area contributed by atoms with Crippen molar-refractivity contribution in [1.82, 2.24) is 0 Å². The second-order valence-electron chi connectivity index (χ2n) is 3.69. The zero-order valence-corrected chi connectivity index (χ0v) is 11.3. The van der Waals surface area contributed by atoms with Crippen LogP contribution in [0, 0.1) is 0 Å². The number of hydrazine groups is 1. The predicted octanol–water partition coefficient (Wildman–Crippen LogP) is 1.85. The maximum Gasteiger partial charge on any atom is 0.338 e. The molecule has 1 rings (SSSR count). The molecule has 100 valence electrons. The smallest absolute Gasteiger partial charge is 0.338 e. The van der Waals surface area contributed by atoms with Crippen molar-refractivity contribution in [2.24, 2.45) is 5.84 Å². The van der Waals surface area contributed by atoms with E-state index in [9.17, 15) is 4.79 Å². The van der Waals surface area contributed by atoms with Gasteiger partial charge in [0.2, 0.25) is 0 Å². The summed E-state index contributed by atoms with van der Waals surface area (Å²) in [5.41, 5.74) is 9.61. The maximum absolute atomic E-state index is 11.7. The first-order valence-electron chi connectivity index (χ1n) is 5.80. The van der Waals surface area contributed by atoms with Crippen LogP contribution in [0.2, 0.25) is 0 Å². The molecule has 5 N–H and O–H groups in total. The third-order valence-corrected chi connectivity index (χ3v) is 3.40. The Morgan fingerprint density at radius 1 is 1.44 bits per heavy atom. The molecule has 0 radical (unpaired) electrons. The lowest BCUT2D eigenvalue weighted by atomic mass is 10.2. The summed E-state index contributed by atoms with van der Waals surface area (Å²) in [6.07, 6.45) is 1.13. The molecular weight excluding hydrogens is 250 g/mol. The molecule has 5 nitrogen and oxygen atoms in total. The molecule has 1 aromatic carbocycles. The molecule has 0 aliphatic heterocycles. The highest BCUT2D eigenvalue weighted by Crippen LogP contribution is 2.19. The van der Waals surface area contributed by atoms with E-state index in [-0.39, 0.29) is 5.97 Å². The minimum absolute atomic E-state index is 0.359. The average Bonchev–Trinajstić information content (AvgIpc) is 2.38. The third kappa shape index (κ3) is 4.46. The Labute approximate surface area is 111 Å². The summed E-state index contributed by atoms with van der Waals surface area (Å²) in [5, 5.41) is 0. The van der Waals surface area contributed by atoms with Crippen LogP contribution in [0.5, 0.6) is 0 Å². The number of ether oxygens (including phenoxy) is 1. The minimum Gasteiger partial charge on any atom is -0.461 e. The molecule has 0 aromatic heterocycles. The first kappa shape index (κ1) is 14.7. The van der Waals surface area contributed by atoms with Gasteiger partial charge in [0.05, 0.1) is 16.9 Å². The molecule has 0 heterocycles. The van der Waals surface area contributed by atoms with Crippen LogP contribution in [0.1, 0.15) is 23.7 Å². The van der Waals surface area contributed by atoms with Gasteiger partial charge in [-0.1, -0.05) is 6.92 Å². The van der Waals surface area contributed by atoms with Crippen molar-refractivity contribution in [3.05, 3.63) is 23.8 Å². The van der Waals surface area contributed by atoms with E-state index in [1.54, 1.807) is 30.0 Å². The van der Waals surface area contributed by atoms with E-state index in [2.05, 4.69) is 12.3 Å². The number of benzene rings is 1. The molecule has 0 aliphatic rings. The molecule has 18 heavy (non-hydrogen) atoms. The van der Waals surface area contributed by atoms with Crippen LogP contribution in [-0.4, -0.2) is 24.1 Å². The fraction of sp³-hybridized carbons (Fsp3) is 0.417. The van der Waals surface area contributed by atoms with Crippen LogP contribution in [0.15, 0.2) is 18.2 Å². The van der Waals surface area contributed by atoms with Crippen molar-refractivity contribution in [2.75, 3.05) is 29.3 Å². The third-order valence-electron chi connectivity index (χ3n) is 2.25. The van der Waals surface area contributed by atoms with Gasteiger partial charge >= 0.3 is 5.97 Å². The minimum atomic E-state index is -0.359. The quantitative estimate of drug-likeness (QED) is 0.230. The number of carbonyl (C=O) groups excluding carboxylic acids is 1. The molecular formula is C12H19N3O2S. The van der Waals surface area contributed by atoms with Crippen molar-refractivity contribution in [3.8, 4) is 0 Å². The maximum atomic E-state index is 11.7. The highest BCUT2D eigenvalue weighted by molar-refractivity contribution is 7.99. The Morgan fingerprint density at radius 2 is 2.22 bits per heavy atom. The van der Waals surface area contributed by atoms with Gasteiger partial charge in [0.1, 0.15) is 6.61 Å². The Morgan fingerprint density at radius 3 is 2.83 bits per heavy atom. The van der Waals surface area contributed by atoms with Crippen molar-refractivity contribution in [2.45, 2.75) is 13.3 Å². The summed E-state index contributed by atoms with van der Waals surface area (Å²) in [7, 11) is 0. The van der Waals surface area contributed by atoms with E-state index >= 15 is 0 Å². The average molecular weight is 269 g/mol. The number of anilines is 2. The number of carbonyl (C=O) groups is 1. The Bertz CT molecular complexity index is 399. The van der Waals surface area contributed by atoms with Crippen molar-refractivity contribution < 1.29 is 9.53 Å². The van der Waals surface area contributed by atoms with Gasteiger partial charge in [0.25, 0.3) is 0 Å². The van der Waals surface area contributed by atoms with Gasteiger partial charge in [-0.2, -0.15) is 11.8 Å². The number of esters is 1. The summed E-state index contributed by atoms with van der Waals surface area (Å²) in [5.74, 6) is 6.80. The van der Waals surface area contributed by atoms with Crippen LogP contribution in [0.4, 0.5) is 11.4 Å². The normalized spacial score (nSPS) is 10.1. The van der Waals surface area contributed by atoms with Gasteiger partial charge in [-0.25, -0.2) is 4.79 Å². The standard InChI is InChI=1S/C12H19N3O2S/c1-2-6-18-7-5-17-12(16)9-3-4-11(15-14)10(13)8-9/h3-4,8,15H,2,5-7,13-14H2,1H3. The summed E-state index contributed by atoms with van der Waals surface area (Å²) in [4.78, 5) is 11.7. The molecule has 1 aromatic rings. The van der Waals surface area contributed by atoms with E-state index in [0.717, 1.165) is 17.9 Å². The number of hydrogen-bond acceptors (Lipinski definition) is 6. The monoisotopic (exact) mass is 269 g/mol. The molecule has 0 aliphatic carbocycles. The van der Waals surface area contributed by atoms with E-state index in [0.29, 0.717) is 23.5 Å². The van der Waals surface area contributed by atoms with Crippen LogP contribution in [0.3, 0.4) is 0 Å². The lowest BCUT2D eigenvalue weighted by Crippen LogP contribution is -2.11. The zero-order valence-electron chi connectivity index (χ0n) is 10.4. The van der Waals surface area contributed by atoms with Crippen LogP contribution >= 0.6 is 11.8 Å². The van der Waals surface area contributed by atoms with Gasteiger partial charge in [-0.3, -0.25) is 5.84 Å². The number of hydrogen-bond donors (Lipinski definition) is 3. The zero-order chi connectivity index (χ0) is 13.4. The second kappa shape index (κ2) is 7.84. The lowest BCUT2D eigenvalue weighted by Gasteiger charge is -2.08. The van der Waals surface area contributed by atoms with Gasteiger partial charge in [-0.05, 0) is 30.4 Å². The number of rotatable bonds is 7.